The predicted molar refractivity (Wildman–Crippen MR) is 127 cm³/mol. The van der Waals surface area contributed by atoms with E-state index in [1.807, 2.05) is 10.9 Å². The molecule has 2 aromatic carbocycles. The van der Waals surface area contributed by atoms with Gasteiger partial charge in [0.2, 0.25) is 5.82 Å². The van der Waals surface area contributed by atoms with E-state index in [2.05, 4.69) is 44.2 Å². The van der Waals surface area contributed by atoms with Crippen molar-refractivity contribution in [2.24, 2.45) is 11.3 Å². The van der Waals surface area contributed by atoms with Gasteiger partial charge in [0, 0.05) is 0 Å². The lowest BCUT2D eigenvalue weighted by atomic mass is 9.58. The Kier molecular flexibility index (Phi) is 5.59. The van der Waals surface area contributed by atoms with Crippen LogP contribution in [0.1, 0.15) is 55.5 Å². The molecule has 0 aliphatic heterocycles. The quantitative estimate of drug-likeness (QED) is 0.427. The molecule has 0 unspecified atom stereocenters. The molecule has 2 aliphatic carbocycles. The second-order valence-corrected chi connectivity index (χ2v) is 9.68. The molecule has 3 nitrogen and oxygen atoms in total. The number of ether oxygens (including phenoxy) is 1. The Morgan fingerprint density at radius 3 is 2.73 bits per heavy atom. The highest BCUT2D eigenvalue weighted by atomic mass is 19.2. The Bertz CT molecular complexity index is 1210. The lowest BCUT2D eigenvalue weighted by Crippen LogP contribution is -2.38. The Morgan fingerprint density at radius 2 is 1.97 bits per heavy atom. The third-order valence-corrected chi connectivity index (χ3v) is 7.50. The number of nitrogens with zero attached hydrogens (tertiary/aromatic N) is 2. The summed E-state index contributed by atoms with van der Waals surface area (Å²) in [4.78, 5) is 0. The number of allylic oxidation sites excluding steroid dienone is 1. The van der Waals surface area contributed by atoms with Crippen LogP contribution in [0.15, 0.2) is 48.2 Å². The summed E-state index contributed by atoms with van der Waals surface area (Å²) in [5, 5.41) is 4.71. The van der Waals surface area contributed by atoms with E-state index in [1.54, 1.807) is 13.0 Å². The number of rotatable bonds is 5. The number of fused-ring (bicyclic) bond motifs is 2. The third-order valence-electron chi connectivity index (χ3n) is 7.50. The summed E-state index contributed by atoms with van der Waals surface area (Å²) in [6.07, 6.45) is 9.16. The fourth-order valence-corrected chi connectivity index (χ4v) is 5.64. The van der Waals surface area contributed by atoms with Gasteiger partial charge in [-0.15, -0.1) is 0 Å². The van der Waals surface area contributed by atoms with E-state index < -0.39 is 11.6 Å². The van der Waals surface area contributed by atoms with E-state index in [1.165, 1.54) is 28.5 Å². The van der Waals surface area contributed by atoms with Crippen molar-refractivity contribution in [3.63, 3.8) is 0 Å². The minimum absolute atomic E-state index is 0.00883. The zero-order valence-electron chi connectivity index (χ0n) is 19.5. The molecule has 5 rings (SSSR count). The number of halogens is 2. The van der Waals surface area contributed by atoms with Gasteiger partial charge in [-0.05, 0) is 98.8 Å². The van der Waals surface area contributed by atoms with Crippen LogP contribution in [0.25, 0.3) is 11.8 Å². The lowest BCUT2D eigenvalue weighted by Gasteiger charge is -2.46. The summed E-state index contributed by atoms with van der Waals surface area (Å²) >= 11 is 0. The van der Waals surface area contributed by atoms with Crippen LogP contribution in [0.4, 0.5) is 8.78 Å². The Balaban J connectivity index is 1.46. The zero-order chi connectivity index (χ0) is 23.2. The van der Waals surface area contributed by atoms with E-state index in [0.29, 0.717) is 18.9 Å². The first-order valence-electron chi connectivity index (χ1n) is 11.8. The number of hydrogen-bond donors (Lipinski definition) is 0. The fourth-order valence-electron chi connectivity index (χ4n) is 5.64. The van der Waals surface area contributed by atoms with Crippen LogP contribution in [0, 0.1) is 29.9 Å². The molecule has 33 heavy (non-hydrogen) atoms. The van der Waals surface area contributed by atoms with Crippen LogP contribution in [0.5, 0.6) is 5.75 Å². The van der Waals surface area contributed by atoms with Crippen molar-refractivity contribution in [3.8, 4) is 11.4 Å². The van der Waals surface area contributed by atoms with E-state index in [0.717, 1.165) is 36.9 Å². The smallest absolute Gasteiger partial charge is 0.200 e. The van der Waals surface area contributed by atoms with Gasteiger partial charge in [0.25, 0.3) is 0 Å². The molecule has 0 spiro atoms. The van der Waals surface area contributed by atoms with Gasteiger partial charge in [-0.25, -0.2) is 9.07 Å². The summed E-state index contributed by atoms with van der Waals surface area (Å²) < 4.78 is 35.7. The number of aromatic nitrogens is 2. The fraction of sp³-hybridized carbons (Fsp3) is 0.393. The SMILES string of the molecule is CCOc1cc(C[C@H]2CCCC3=Cc4c(cnn4-c4ccc(C)cc4)C[C@@]32C)cc(F)c1F. The van der Waals surface area contributed by atoms with Crippen LogP contribution in [-0.2, 0) is 12.8 Å². The van der Waals surface area contributed by atoms with Crippen LogP contribution in [-0.4, -0.2) is 16.4 Å². The molecule has 0 amide bonds. The molecular weight excluding hydrogens is 418 g/mol. The highest BCUT2D eigenvalue weighted by Crippen LogP contribution is 2.52. The van der Waals surface area contributed by atoms with Crippen molar-refractivity contribution in [1.82, 2.24) is 9.78 Å². The van der Waals surface area contributed by atoms with Crippen molar-refractivity contribution < 1.29 is 13.5 Å². The largest absolute Gasteiger partial charge is 0.491 e. The first kappa shape index (κ1) is 21.9. The van der Waals surface area contributed by atoms with Crippen molar-refractivity contribution in [2.75, 3.05) is 6.61 Å². The van der Waals surface area contributed by atoms with Crippen LogP contribution in [0.2, 0.25) is 0 Å². The Labute approximate surface area is 194 Å². The molecule has 2 atom stereocenters. The van der Waals surface area contributed by atoms with Crippen LogP contribution >= 0.6 is 0 Å². The average Bonchev–Trinajstić information content (AvgIpc) is 3.19. The molecule has 3 aromatic rings. The molecule has 5 heteroatoms. The maximum absolute atomic E-state index is 14.3. The summed E-state index contributed by atoms with van der Waals surface area (Å²) in [5.41, 5.74) is 6.92. The minimum atomic E-state index is -0.901. The van der Waals surface area contributed by atoms with E-state index in [9.17, 15) is 8.78 Å². The normalized spacial score (nSPS) is 21.8. The average molecular weight is 449 g/mol. The van der Waals surface area contributed by atoms with Gasteiger partial charge in [-0.1, -0.05) is 30.2 Å². The van der Waals surface area contributed by atoms with Crippen LogP contribution in [0.3, 0.4) is 0 Å². The van der Waals surface area contributed by atoms with Gasteiger partial charge in [0.05, 0.1) is 24.2 Å². The van der Waals surface area contributed by atoms with Gasteiger partial charge in [0.1, 0.15) is 0 Å². The molecular formula is C28H30F2N2O. The molecule has 1 aromatic heterocycles. The van der Waals surface area contributed by atoms with E-state index in [-0.39, 0.29) is 11.2 Å². The maximum atomic E-state index is 14.3. The van der Waals surface area contributed by atoms with E-state index >= 15 is 0 Å². The van der Waals surface area contributed by atoms with Crippen molar-refractivity contribution in [3.05, 3.63) is 82.2 Å². The van der Waals surface area contributed by atoms with Crippen molar-refractivity contribution >= 4 is 6.08 Å². The monoisotopic (exact) mass is 448 g/mol. The highest BCUT2D eigenvalue weighted by molar-refractivity contribution is 5.61. The second-order valence-electron chi connectivity index (χ2n) is 9.68. The van der Waals surface area contributed by atoms with Crippen molar-refractivity contribution in [1.29, 1.82) is 0 Å². The first-order valence-corrected chi connectivity index (χ1v) is 11.8. The zero-order valence-corrected chi connectivity index (χ0v) is 19.5. The Hall–Kier alpha value is -2.95. The summed E-state index contributed by atoms with van der Waals surface area (Å²) in [5.74, 6) is -1.39. The highest BCUT2D eigenvalue weighted by Gasteiger charge is 2.43. The first-order chi connectivity index (χ1) is 15.9. The van der Waals surface area contributed by atoms with Crippen LogP contribution < -0.4 is 4.74 Å². The van der Waals surface area contributed by atoms with Gasteiger partial charge < -0.3 is 4.74 Å². The summed E-state index contributed by atoms with van der Waals surface area (Å²) in [6, 6.07) is 11.4. The molecule has 1 saturated carbocycles. The molecule has 0 saturated heterocycles. The molecule has 1 heterocycles. The minimum Gasteiger partial charge on any atom is -0.491 e. The number of hydrogen-bond acceptors (Lipinski definition) is 2. The van der Waals surface area contributed by atoms with Gasteiger partial charge >= 0.3 is 0 Å². The topological polar surface area (TPSA) is 27.1 Å². The molecule has 0 N–H and O–H groups in total. The number of aryl methyl sites for hydroxylation is 1. The Morgan fingerprint density at radius 1 is 1.18 bits per heavy atom. The summed E-state index contributed by atoms with van der Waals surface area (Å²) in [7, 11) is 0. The standard InChI is InChI=1S/C28H30F2N2O/c1-4-33-26-14-19(13-24(29)27(26)30)12-21-6-5-7-22-15-25-20(16-28(21,22)3)17-31-32(25)23-10-8-18(2)9-11-23/h8-11,13-15,17,21H,4-7,12,16H2,1-3H3/t21-,28-/m1/s1. The third kappa shape index (κ3) is 3.88. The maximum Gasteiger partial charge on any atom is 0.200 e. The summed E-state index contributed by atoms with van der Waals surface area (Å²) in [6.45, 7) is 6.50. The molecule has 2 aliphatic rings. The van der Waals surface area contributed by atoms with Gasteiger partial charge in [-0.3, -0.25) is 0 Å². The van der Waals surface area contributed by atoms with Gasteiger partial charge in [-0.2, -0.15) is 9.49 Å². The number of benzene rings is 2. The molecule has 1 fully saturated rings. The molecule has 172 valence electrons. The second kappa shape index (κ2) is 8.44. The predicted octanol–water partition coefficient (Wildman–Crippen LogP) is 6.85. The lowest BCUT2D eigenvalue weighted by molar-refractivity contribution is 0.179. The molecule has 0 radical (unpaired) electrons. The van der Waals surface area contributed by atoms with E-state index in [4.69, 9.17) is 9.84 Å². The van der Waals surface area contributed by atoms with Crippen molar-refractivity contribution in [2.45, 2.75) is 52.9 Å². The van der Waals surface area contributed by atoms with Gasteiger partial charge in [0.15, 0.2) is 11.6 Å². The molecule has 0 bridgehead atoms.